The van der Waals surface area contributed by atoms with Gasteiger partial charge in [-0.3, -0.25) is 0 Å². The third kappa shape index (κ3) is 5.22. The standard InChI is InChI=1S/C12H27N3O2S/c1-3-14(8-5-7-13)10-12-6-4-9-15(11-12)18(2,16)17/h12H,3-11,13H2,1-2H3. The van der Waals surface area contributed by atoms with Crippen molar-refractivity contribution >= 4 is 10.0 Å². The highest BCUT2D eigenvalue weighted by Gasteiger charge is 2.26. The minimum Gasteiger partial charge on any atom is -0.330 e. The summed E-state index contributed by atoms with van der Waals surface area (Å²) in [7, 11) is -3.02. The van der Waals surface area contributed by atoms with Crippen molar-refractivity contribution in [3.05, 3.63) is 0 Å². The van der Waals surface area contributed by atoms with E-state index in [2.05, 4.69) is 11.8 Å². The van der Waals surface area contributed by atoms with Crippen molar-refractivity contribution in [1.29, 1.82) is 0 Å². The normalized spacial score (nSPS) is 22.6. The van der Waals surface area contributed by atoms with Gasteiger partial charge in [-0.15, -0.1) is 0 Å². The van der Waals surface area contributed by atoms with E-state index in [9.17, 15) is 8.42 Å². The van der Waals surface area contributed by atoms with Gasteiger partial charge in [0.25, 0.3) is 0 Å². The Hall–Kier alpha value is -0.170. The highest BCUT2D eigenvalue weighted by molar-refractivity contribution is 7.88. The van der Waals surface area contributed by atoms with E-state index in [0.717, 1.165) is 45.4 Å². The molecular formula is C12H27N3O2S. The Balaban J connectivity index is 2.46. The van der Waals surface area contributed by atoms with E-state index in [4.69, 9.17) is 5.73 Å². The Morgan fingerprint density at radius 1 is 1.44 bits per heavy atom. The Morgan fingerprint density at radius 3 is 2.72 bits per heavy atom. The molecule has 0 aromatic rings. The van der Waals surface area contributed by atoms with Gasteiger partial charge in [0.15, 0.2) is 0 Å². The summed E-state index contributed by atoms with van der Waals surface area (Å²) in [6.45, 7) is 7.24. The van der Waals surface area contributed by atoms with Gasteiger partial charge < -0.3 is 10.6 Å². The number of nitrogens with two attached hydrogens (primary N) is 1. The summed E-state index contributed by atoms with van der Waals surface area (Å²) < 4.78 is 24.7. The number of nitrogens with zero attached hydrogens (tertiary/aromatic N) is 2. The zero-order valence-corrected chi connectivity index (χ0v) is 12.5. The second-order valence-corrected chi connectivity index (χ2v) is 7.15. The number of piperidine rings is 1. The van der Waals surface area contributed by atoms with Crippen LogP contribution in [0.2, 0.25) is 0 Å². The molecule has 1 heterocycles. The fourth-order valence-corrected chi connectivity index (χ4v) is 3.48. The summed E-state index contributed by atoms with van der Waals surface area (Å²) in [5.41, 5.74) is 5.53. The van der Waals surface area contributed by atoms with Crippen LogP contribution < -0.4 is 5.73 Å². The first-order valence-electron chi connectivity index (χ1n) is 6.85. The fraction of sp³-hybridized carbons (Fsp3) is 1.00. The molecule has 0 spiro atoms. The van der Waals surface area contributed by atoms with E-state index in [1.165, 1.54) is 6.26 Å². The molecule has 0 aliphatic carbocycles. The quantitative estimate of drug-likeness (QED) is 0.728. The van der Waals surface area contributed by atoms with E-state index in [-0.39, 0.29) is 0 Å². The lowest BCUT2D eigenvalue weighted by Crippen LogP contribution is -2.43. The Kier molecular flexibility index (Phi) is 6.55. The van der Waals surface area contributed by atoms with Gasteiger partial charge in [0.1, 0.15) is 0 Å². The van der Waals surface area contributed by atoms with Crippen LogP contribution >= 0.6 is 0 Å². The molecule has 2 N–H and O–H groups in total. The number of rotatable bonds is 7. The smallest absolute Gasteiger partial charge is 0.211 e. The average Bonchev–Trinajstić information content (AvgIpc) is 2.33. The maximum Gasteiger partial charge on any atom is 0.211 e. The molecule has 18 heavy (non-hydrogen) atoms. The Bertz CT molecular complexity index is 332. The van der Waals surface area contributed by atoms with Crippen LogP contribution in [0.3, 0.4) is 0 Å². The molecule has 1 unspecified atom stereocenters. The van der Waals surface area contributed by atoms with Crippen molar-refractivity contribution in [1.82, 2.24) is 9.21 Å². The van der Waals surface area contributed by atoms with Gasteiger partial charge in [0.2, 0.25) is 10.0 Å². The summed E-state index contributed by atoms with van der Waals surface area (Å²) >= 11 is 0. The SMILES string of the molecule is CCN(CCCN)CC1CCCN(S(C)(=O)=O)C1. The summed E-state index contributed by atoms with van der Waals surface area (Å²) in [5, 5.41) is 0. The predicted molar refractivity (Wildman–Crippen MR) is 74.9 cm³/mol. The lowest BCUT2D eigenvalue weighted by atomic mass is 9.99. The van der Waals surface area contributed by atoms with Gasteiger partial charge in [0.05, 0.1) is 6.26 Å². The lowest BCUT2D eigenvalue weighted by Gasteiger charge is -2.34. The zero-order valence-electron chi connectivity index (χ0n) is 11.6. The molecule has 1 fully saturated rings. The molecule has 0 bridgehead atoms. The van der Waals surface area contributed by atoms with Gasteiger partial charge in [-0.2, -0.15) is 0 Å². The first-order chi connectivity index (χ1) is 8.47. The summed E-state index contributed by atoms with van der Waals surface area (Å²) in [6.07, 6.45) is 4.43. The molecule has 1 atom stereocenters. The minimum absolute atomic E-state index is 0.464. The fourth-order valence-electron chi connectivity index (χ4n) is 2.54. The average molecular weight is 277 g/mol. The monoisotopic (exact) mass is 277 g/mol. The molecule has 0 saturated carbocycles. The third-order valence-corrected chi connectivity index (χ3v) is 4.86. The molecule has 0 aromatic heterocycles. The lowest BCUT2D eigenvalue weighted by molar-refractivity contribution is 0.183. The van der Waals surface area contributed by atoms with Crippen LogP contribution in [-0.4, -0.2) is 63.1 Å². The molecule has 1 aliphatic heterocycles. The number of sulfonamides is 1. The topological polar surface area (TPSA) is 66.6 Å². The van der Waals surface area contributed by atoms with Crippen LogP contribution in [-0.2, 0) is 10.0 Å². The highest BCUT2D eigenvalue weighted by Crippen LogP contribution is 2.19. The second kappa shape index (κ2) is 7.43. The minimum atomic E-state index is -3.02. The Morgan fingerprint density at radius 2 is 2.17 bits per heavy atom. The maximum absolute atomic E-state index is 11.6. The largest absolute Gasteiger partial charge is 0.330 e. The molecule has 0 aromatic carbocycles. The molecule has 0 amide bonds. The first-order valence-corrected chi connectivity index (χ1v) is 8.69. The second-order valence-electron chi connectivity index (χ2n) is 5.16. The molecule has 1 rings (SSSR count). The summed E-state index contributed by atoms with van der Waals surface area (Å²) in [4.78, 5) is 2.38. The zero-order chi connectivity index (χ0) is 13.6. The maximum atomic E-state index is 11.6. The highest BCUT2D eigenvalue weighted by atomic mass is 32.2. The molecule has 108 valence electrons. The van der Waals surface area contributed by atoms with Crippen molar-refractivity contribution < 1.29 is 8.42 Å². The number of hydrogen-bond acceptors (Lipinski definition) is 4. The van der Waals surface area contributed by atoms with Crippen LogP contribution in [0, 0.1) is 5.92 Å². The van der Waals surface area contributed by atoms with Crippen LogP contribution in [0.25, 0.3) is 0 Å². The van der Waals surface area contributed by atoms with E-state index in [0.29, 0.717) is 19.0 Å². The van der Waals surface area contributed by atoms with Crippen molar-refractivity contribution in [2.24, 2.45) is 11.7 Å². The van der Waals surface area contributed by atoms with Crippen molar-refractivity contribution in [3.8, 4) is 0 Å². The van der Waals surface area contributed by atoms with Crippen molar-refractivity contribution in [2.45, 2.75) is 26.2 Å². The summed E-state index contributed by atoms with van der Waals surface area (Å²) in [5.74, 6) is 0.464. The van der Waals surface area contributed by atoms with E-state index in [1.54, 1.807) is 4.31 Å². The van der Waals surface area contributed by atoms with Crippen molar-refractivity contribution in [3.63, 3.8) is 0 Å². The molecule has 6 heteroatoms. The van der Waals surface area contributed by atoms with Gasteiger partial charge >= 0.3 is 0 Å². The van der Waals surface area contributed by atoms with Gasteiger partial charge in [-0.1, -0.05) is 6.92 Å². The first kappa shape index (κ1) is 15.9. The molecule has 1 aliphatic rings. The molecule has 0 radical (unpaired) electrons. The predicted octanol–water partition coefficient (Wildman–Crippen LogP) is 0.329. The van der Waals surface area contributed by atoms with Crippen molar-refractivity contribution in [2.75, 3.05) is 45.5 Å². The van der Waals surface area contributed by atoms with Crippen LogP contribution in [0.5, 0.6) is 0 Å². The third-order valence-electron chi connectivity index (χ3n) is 3.59. The summed E-state index contributed by atoms with van der Waals surface area (Å²) in [6, 6.07) is 0. The van der Waals surface area contributed by atoms with Gasteiger partial charge in [-0.25, -0.2) is 12.7 Å². The van der Waals surface area contributed by atoms with Gasteiger partial charge in [0, 0.05) is 19.6 Å². The van der Waals surface area contributed by atoms with E-state index >= 15 is 0 Å². The molecule has 5 nitrogen and oxygen atoms in total. The number of hydrogen-bond donors (Lipinski definition) is 1. The van der Waals surface area contributed by atoms with Crippen LogP contribution in [0.4, 0.5) is 0 Å². The van der Waals surface area contributed by atoms with Crippen LogP contribution in [0.1, 0.15) is 26.2 Å². The van der Waals surface area contributed by atoms with E-state index in [1.807, 2.05) is 0 Å². The van der Waals surface area contributed by atoms with E-state index < -0.39 is 10.0 Å². The molecular weight excluding hydrogens is 250 g/mol. The molecule has 1 saturated heterocycles. The Labute approximate surface area is 111 Å². The van der Waals surface area contributed by atoms with Gasteiger partial charge in [-0.05, 0) is 44.8 Å². The van der Waals surface area contributed by atoms with Crippen LogP contribution in [0.15, 0.2) is 0 Å².